The van der Waals surface area contributed by atoms with Gasteiger partial charge in [0.25, 0.3) is 0 Å². The molecule has 0 spiro atoms. The summed E-state index contributed by atoms with van der Waals surface area (Å²) in [6.07, 6.45) is 3.95. The molecule has 0 saturated carbocycles. The Bertz CT molecular complexity index is 2660. The van der Waals surface area contributed by atoms with Crippen molar-refractivity contribution >= 4 is 45.9 Å². The number of nitrogens with zero attached hydrogens (tertiary/aromatic N) is 2. The van der Waals surface area contributed by atoms with Crippen molar-refractivity contribution in [3.63, 3.8) is 0 Å². The number of fused-ring (bicyclic) bond motifs is 2. The van der Waals surface area contributed by atoms with Crippen molar-refractivity contribution in [1.29, 1.82) is 0 Å². The van der Waals surface area contributed by atoms with Gasteiger partial charge in [0.15, 0.2) is 35.1 Å². The van der Waals surface area contributed by atoms with Crippen LogP contribution in [-0.2, 0) is 31.9 Å². The summed E-state index contributed by atoms with van der Waals surface area (Å²) in [6.45, 7) is 12.5. The molecule has 2 unspecified atom stereocenters. The summed E-state index contributed by atoms with van der Waals surface area (Å²) in [6, 6.07) is 21.9. The number of rotatable bonds is 19. The van der Waals surface area contributed by atoms with Crippen molar-refractivity contribution < 1.29 is 47.5 Å². The molecule has 0 aliphatic carbocycles. The number of benzene rings is 6. The number of hydrogen-bond donors (Lipinski definition) is 0. The minimum Gasteiger partial charge on any atom is -0.495 e. The molecule has 2 atom stereocenters. The number of ether oxygens (including phenoxy) is 8. The zero-order valence-electron chi connectivity index (χ0n) is 41.8. The van der Waals surface area contributed by atoms with Crippen LogP contribution in [0.15, 0.2) is 82.8 Å². The van der Waals surface area contributed by atoms with Crippen molar-refractivity contribution in [2.75, 3.05) is 56.9 Å². The third-order valence-electron chi connectivity index (χ3n) is 12.4. The van der Waals surface area contributed by atoms with E-state index < -0.39 is 24.0 Å². The van der Waals surface area contributed by atoms with Crippen LogP contribution in [0.25, 0.3) is 32.7 Å². The molecule has 358 valence electrons. The van der Waals surface area contributed by atoms with Gasteiger partial charge in [0, 0.05) is 69.4 Å². The van der Waals surface area contributed by atoms with Crippen LogP contribution in [0.2, 0.25) is 0 Å². The Labute approximate surface area is 400 Å². The first-order valence-corrected chi connectivity index (χ1v) is 22.6. The highest BCUT2D eigenvalue weighted by Gasteiger charge is 2.32. The molecule has 0 heterocycles. The number of carbonyl (C=O) groups excluding carboxylic acids is 2. The summed E-state index contributed by atoms with van der Waals surface area (Å²) < 4.78 is 48.5. The van der Waals surface area contributed by atoms with Crippen LogP contribution in [0.3, 0.4) is 0 Å². The first-order chi connectivity index (χ1) is 32.7. The second kappa shape index (κ2) is 22.1. The molecule has 6 rings (SSSR count). The third-order valence-corrected chi connectivity index (χ3v) is 12.4. The maximum Gasteiger partial charge on any atom is 0.330 e. The molecule has 0 aliphatic heterocycles. The van der Waals surface area contributed by atoms with Gasteiger partial charge in [-0.25, -0.2) is 9.59 Å². The zero-order chi connectivity index (χ0) is 49.4. The largest absolute Gasteiger partial charge is 0.495 e. The fourth-order valence-electron chi connectivity index (χ4n) is 9.40. The maximum atomic E-state index is 13.4. The molecule has 0 aromatic heterocycles. The van der Waals surface area contributed by atoms with Crippen LogP contribution in [0.1, 0.15) is 84.0 Å². The monoisotopic (exact) mass is 924 g/mol. The van der Waals surface area contributed by atoms with Crippen LogP contribution in [0, 0.1) is 13.8 Å². The Hall–Kier alpha value is -7.08. The van der Waals surface area contributed by atoms with Gasteiger partial charge in [-0.2, -0.15) is 0 Å². The summed E-state index contributed by atoms with van der Waals surface area (Å²) >= 11 is 0. The lowest BCUT2D eigenvalue weighted by Gasteiger charge is -2.27. The smallest absolute Gasteiger partial charge is 0.330 e. The van der Waals surface area contributed by atoms with E-state index in [-0.39, 0.29) is 11.8 Å². The SMILES string of the molecule is COC(=O)C(Cc1ccccc1)N=Cc1c(OC)c(OC)c(C(C)C)c2cc(C)c(-c3c(C)cc4c(C(C)C)c(OC)c(OC)c(C=NC(Cc5ccccc5)C(=O)OC)c4c3OC)c(OC)c12. The van der Waals surface area contributed by atoms with Crippen molar-refractivity contribution in [2.24, 2.45) is 9.98 Å². The molecule has 0 fully saturated rings. The molecule has 6 aromatic rings. The third kappa shape index (κ3) is 9.68. The van der Waals surface area contributed by atoms with E-state index in [1.807, 2.05) is 74.5 Å². The zero-order valence-corrected chi connectivity index (χ0v) is 41.8. The molecule has 0 aliphatic rings. The lowest BCUT2D eigenvalue weighted by atomic mass is 9.83. The van der Waals surface area contributed by atoms with Crippen molar-refractivity contribution in [1.82, 2.24) is 0 Å². The number of aryl methyl sites for hydroxylation is 2. The van der Waals surface area contributed by atoms with Crippen LogP contribution in [-0.4, -0.2) is 93.3 Å². The highest BCUT2D eigenvalue weighted by Crippen LogP contribution is 2.55. The molecule has 68 heavy (non-hydrogen) atoms. The average molecular weight is 925 g/mol. The van der Waals surface area contributed by atoms with Crippen LogP contribution in [0.4, 0.5) is 0 Å². The minimum atomic E-state index is -0.870. The van der Waals surface area contributed by atoms with E-state index in [1.54, 1.807) is 55.1 Å². The number of hydrogen-bond acceptors (Lipinski definition) is 12. The molecule has 0 bridgehead atoms. The van der Waals surface area contributed by atoms with E-state index in [9.17, 15) is 9.59 Å². The predicted octanol–water partition coefficient (Wildman–Crippen LogP) is 11.0. The summed E-state index contributed by atoms with van der Waals surface area (Å²) in [7, 11) is 12.4. The van der Waals surface area contributed by atoms with E-state index in [1.165, 1.54) is 14.2 Å². The Kier molecular flexibility index (Phi) is 16.4. The number of aliphatic imine (C=N–C) groups is 2. The normalized spacial score (nSPS) is 12.5. The molecule has 0 saturated heterocycles. The lowest BCUT2D eigenvalue weighted by Crippen LogP contribution is -2.23. The molecule has 0 amide bonds. The summed E-state index contributed by atoms with van der Waals surface area (Å²) in [5.74, 6) is 2.00. The van der Waals surface area contributed by atoms with E-state index in [4.69, 9.17) is 47.9 Å². The second-order valence-electron chi connectivity index (χ2n) is 17.2. The average Bonchev–Trinajstić information content (AvgIpc) is 3.34. The van der Waals surface area contributed by atoms with Gasteiger partial charge >= 0.3 is 11.9 Å². The van der Waals surface area contributed by atoms with E-state index in [0.29, 0.717) is 69.2 Å². The molecular formula is C56H64N2O10. The molecule has 12 heteroatoms. The first kappa shape index (κ1) is 50.3. The Balaban J connectivity index is 1.77. The van der Waals surface area contributed by atoms with Crippen molar-refractivity contribution in [3.8, 4) is 45.6 Å². The highest BCUT2D eigenvalue weighted by atomic mass is 16.5. The second-order valence-corrected chi connectivity index (χ2v) is 17.2. The molecule has 0 N–H and O–H groups in total. The molecule has 12 nitrogen and oxygen atoms in total. The topological polar surface area (TPSA) is 133 Å². The van der Waals surface area contributed by atoms with E-state index >= 15 is 0 Å². The van der Waals surface area contributed by atoms with E-state index in [2.05, 4.69) is 39.8 Å². The molecule has 0 radical (unpaired) electrons. The van der Waals surface area contributed by atoms with Gasteiger partial charge in [-0.1, -0.05) is 100 Å². The van der Waals surface area contributed by atoms with Crippen LogP contribution < -0.4 is 28.4 Å². The molecule has 6 aromatic carbocycles. The fourth-order valence-corrected chi connectivity index (χ4v) is 9.40. The van der Waals surface area contributed by atoms with Crippen molar-refractivity contribution in [2.45, 2.75) is 78.3 Å². The maximum absolute atomic E-state index is 13.4. The summed E-state index contributed by atoms with van der Waals surface area (Å²) in [5, 5.41) is 3.12. The van der Waals surface area contributed by atoms with Gasteiger partial charge in [0.05, 0.1) is 56.9 Å². The predicted molar refractivity (Wildman–Crippen MR) is 271 cm³/mol. The quantitative estimate of drug-likeness (QED) is 0.0571. The Morgan fingerprint density at radius 3 is 1.09 bits per heavy atom. The number of carbonyl (C=O) groups is 2. The van der Waals surface area contributed by atoms with Crippen molar-refractivity contribution in [3.05, 3.63) is 117 Å². The van der Waals surface area contributed by atoms with Gasteiger partial charge in [0.2, 0.25) is 0 Å². The Morgan fingerprint density at radius 2 is 0.809 bits per heavy atom. The van der Waals surface area contributed by atoms with Crippen LogP contribution in [0.5, 0.6) is 34.5 Å². The Morgan fingerprint density at radius 1 is 0.485 bits per heavy atom. The minimum absolute atomic E-state index is 0.0189. The van der Waals surface area contributed by atoms with Crippen LogP contribution >= 0.6 is 0 Å². The van der Waals surface area contributed by atoms with E-state index in [0.717, 1.165) is 55.3 Å². The number of methoxy groups -OCH3 is 8. The lowest BCUT2D eigenvalue weighted by molar-refractivity contribution is -0.142. The summed E-state index contributed by atoms with van der Waals surface area (Å²) in [5.41, 5.74) is 8.05. The van der Waals surface area contributed by atoms with Gasteiger partial charge in [0.1, 0.15) is 11.5 Å². The van der Waals surface area contributed by atoms with Gasteiger partial charge in [-0.3, -0.25) is 9.98 Å². The first-order valence-electron chi connectivity index (χ1n) is 22.6. The number of esters is 2. The van der Waals surface area contributed by atoms with Gasteiger partial charge < -0.3 is 37.9 Å². The molecular weight excluding hydrogens is 861 g/mol. The standard InChI is InChI=1S/C56H64N2O10/c1-31(2)43-37-25-33(5)45(51(63-9)47(37)39(49(61-7)53(43)65-11)29-57-41(55(59)67-13)27-35-21-17-15-18-22-35)46-34(6)26-38-44(32(3)4)54(66-12)50(62-8)40(48(38)52(46)64-10)30-58-42(56(60)68-14)28-36-23-19-16-20-24-36/h15-26,29-32,41-42H,27-28H2,1-14H3. The highest BCUT2D eigenvalue weighted by molar-refractivity contribution is 6.15. The van der Waals surface area contributed by atoms with Gasteiger partial charge in [-0.05, 0) is 58.7 Å². The fraction of sp³-hybridized carbons (Fsp3) is 0.357. The summed E-state index contributed by atoms with van der Waals surface area (Å²) in [4.78, 5) is 36.6. The van der Waals surface area contributed by atoms with Gasteiger partial charge in [-0.15, -0.1) is 0 Å².